The molecule has 0 aliphatic carbocycles. The highest BCUT2D eigenvalue weighted by molar-refractivity contribution is 7.85. The number of amidine groups is 1. The first-order chi connectivity index (χ1) is 18.7. The van der Waals surface area contributed by atoms with Crippen molar-refractivity contribution in [2.45, 2.75) is 20.5 Å². The van der Waals surface area contributed by atoms with Crippen molar-refractivity contribution in [2.75, 3.05) is 18.1 Å². The Labute approximate surface area is 232 Å². The molecule has 0 spiro atoms. The van der Waals surface area contributed by atoms with E-state index in [1.165, 1.54) is 36.4 Å². The fourth-order valence-electron chi connectivity index (χ4n) is 3.71. The highest BCUT2D eigenvalue weighted by atomic mass is 32.2. The van der Waals surface area contributed by atoms with E-state index < -0.39 is 27.9 Å². The summed E-state index contributed by atoms with van der Waals surface area (Å²) in [5, 5.41) is 22.9. The van der Waals surface area contributed by atoms with Gasteiger partial charge in [0.05, 0.1) is 18.4 Å². The van der Waals surface area contributed by atoms with Gasteiger partial charge in [0, 0.05) is 28.9 Å². The number of hydrogen-bond donors (Lipinski definition) is 5. The number of carboxylic acids is 1. The van der Waals surface area contributed by atoms with E-state index in [1.54, 1.807) is 24.3 Å². The predicted octanol–water partition coefficient (Wildman–Crippen LogP) is 3.45. The molecule has 0 fully saturated rings. The Kier molecular flexibility index (Phi) is 9.40. The van der Waals surface area contributed by atoms with Crippen LogP contribution in [0, 0.1) is 11.3 Å². The largest absolute Gasteiger partial charge is 0.478 e. The number of nitrogens with one attached hydrogen (secondary N) is 3. The molecule has 0 aliphatic rings. The van der Waals surface area contributed by atoms with Crippen LogP contribution >= 0.6 is 0 Å². The molecule has 3 rings (SSSR count). The molecule has 0 saturated carbocycles. The normalized spacial score (nSPS) is 11.2. The number of anilines is 1. The summed E-state index contributed by atoms with van der Waals surface area (Å²) in [5.41, 5.74) is 7.10. The van der Waals surface area contributed by atoms with Crippen LogP contribution in [0.1, 0.15) is 56.0 Å². The Hall–Kier alpha value is -4.55. The molecule has 0 unspecified atom stereocenters. The first-order valence-corrected chi connectivity index (χ1v) is 14.0. The summed E-state index contributed by atoms with van der Waals surface area (Å²) < 4.78 is 27.9. The van der Waals surface area contributed by atoms with Crippen LogP contribution in [-0.2, 0) is 20.9 Å². The first kappa shape index (κ1) is 30.0. The van der Waals surface area contributed by atoms with Crippen molar-refractivity contribution < 1.29 is 32.1 Å². The van der Waals surface area contributed by atoms with Gasteiger partial charge in [0.25, 0.3) is 21.9 Å². The summed E-state index contributed by atoms with van der Waals surface area (Å²) in [4.78, 5) is 38.2. The number of rotatable bonds is 11. The molecule has 0 atom stereocenters. The Balaban J connectivity index is 2.07. The number of carboxylic acid groups (broad SMARTS) is 1. The minimum atomic E-state index is -3.76. The number of aromatic carboxylic acids is 1. The second-order valence-corrected chi connectivity index (χ2v) is 11.1. The Morgan fingerprint density at radius 3 is 2.10 bits per heavy atom. The van der Waals surface area contributed by atoms with Gasteiger partial charge < -0.3 is 21.5 Å². The molecule has 0 aliphatic heterocycles. The van der Waals surface area contributed by atoms with Gasteiger partial charge in [-0.1, -0.05) is 32.0 Å². The zero-order valence-electron chi connectivity index (χ0n) is 22.1. The molecule has 3 aromatic rings. The highest BCUT2D eigenvalue weighted by Gasteiger charge is 2.21. The summed E-state index contributed by atoms with van der Waals surface area (Å²) in [6.07, 6.45) is 0.900. The monoisotopic (exact) mass is 566 g/mol. The zero-order valence-corrected chi connectivity index (χ0v) is 23.0. The van der Waals surface area contributed by atoms with E-state index in [0.29, 0.717) is 23.4 Å². The third kappa shape index (κ3) is 7.98. The van der Waals surface area contributed by atoms with Crippen LogP contribution < -0.4 is 16.4 Å². The van der Waals surface area contributed by atoms with E-state index in [4.69, 9.17) is 15.3 Å². The van der Waals surface area contributed by atoms with Crippen molar-refractivity contribution in [3.05, 3.63) is 88.5 Å². The van der Waals surface area contributed by atoms with Crippen molar-refractivity contribution in [2.24, 2.45) is 11.7 Å². The lowest BCUT2D eigenvalue weighted by Crippen LogP contribution is -2.27. The van der Waals surface area contributed by atoms with Gasteiger partial charge in [-0.25, -0.2) is 4.79 Å². The van der Waals surface area contributed by atoms with Crippen LogP contribution in [-0.4, -0.2) is 49.9 Å². The van der Waals surface area contributed by atoms with Crippen molar-refractivity contribution >= 4 is 39.4 Å². The van der Waals surface area contributed by atoms with Gasteiger partial charge in [-0.15, -0.1) is 0 Å². The summed E-state index contributed by atoms with van der Waals surface area (Å²) in [7, 11) is -3.76. The average molecular weight is 567 g/mol. The van der Waals surface area contributed by atoms with E-state index in [9.17, 15) is 27.9 Å². The number of benzene rings is 3. The van der Waals surface area contributed by atoms with Crippen molar-refractivity contribution in [3.63, 3.8) is 0 Å². The fraction of sp³-hybridized carbons (Fsp3) is 0.214. The lowest BCUT2D eigenvalue weighted by molar-refractivity contribution is 0.0697. The van der Waals surface area contributed by atoms with Gasteiger partial charge in [-0.05, 0) is 65.1 Å². The Morgan fingerprint density at radius 2 is 1.52 bits per heavy atom. The third-order valence-corrected chi connectivity index (χ3v) is 6.24. The average Bonchev–Trinajstić information content (AvgIpc) is 2.89. The smallest absolute Gasteiger partial charge is 0.336 e. The Morgan fingerprint density at radius 1 is 0.925 bits per heavy atom. The van der Waals surface area contributed by atoms with E-state index in [1.807, 2.05) is 13.8 Å². The molecule has 0 heterocycles. The van der Waals surface area contributed by atoms with Crippen LogP contribution in [0.2, 0.25) is 0 Å². The van der Waals surface area contributed by atoms with Crippen molar-refractivity contribution in [1.82, 2.24) is 5.32 Å². The molecule has 0 radical (unpaired) electrons. The van der Waals surface area contributed by atoms with Crippen LogP contribution in [0.15, 0.2) is 60.7 Å². The van der Waals surface area contributed by atoms with Crippen LogP contribution in [0.25, 0.3) is 11.1 Å². The van der Waals surface area contributed by atoms with Gasteiger partial charge >= 0.3 is 5.97 Å². The lowest BCUT2D eigenvalue weighted by atomic mass is 9.92. The van der Waals surface area contributed by atoms with E-state index in [0.717, 1.165) is 6.26 Å². The van der Waals surface area contributed by atoms with Crippen molar-refractivity contribution in [1.29, 1.82) is 5.41 Å². The lowest BCUT2D eigenvalue weighted by Gasteiger charge is -2.16. The molecule has 40 heavy (non-hydrogen) atoms. The topological polar surface area (TPSA) is 189 Å². The van der Waals surface area contributed by atoms with Gasteiger partial charge in [0.1, 0.15) is 5.84 Å². The first-order valence-electron chi connectivity index (χ1n) is 12.1. The van der Waals surface area contributed by atoms with Gasteiger partial charge in [0.2, 0.25) is 0 Å². The Bertz CT molecular complexity index is 1570. The maximum absolute atomic E-state index is 13.4. The molecule has 0 bridgehead atoms. The second-order valence-electron chi connectivity index (χ2n) is 9.46. The minimum absolute atomic E-state index is 0.0461. The molecule has 0 aromatic heterocycles. The molecule has 3 aromatic carbocycles. The fourth-order valence-corrected chi connectivity index (χ4v) is 4.06. The predicted molar refractivity (Wildman–Crippen MR) is 151 cm³/mol. The van der Waals surface area contributed by atoms with E-state index in [2.05, 4.69) is 10.6 Å². The molecule has 6 N–H and O–H groups in total. The maximum atomic E-state index is 13.4. The summed E-state index contributed by atoms with van der Waals surface area (Å²) in [6, 6.07) is 14.8. The second kappa shape index (κ2) is 12.5. The molecular formula is C28H30N4O7S. The van der Waals surface area contributed by atoms with Gasteiger partial charge in [-0.3, -0.25) is 19.2 Å². The zero-order chi connectivity index (χ0) is 29.6. The molecular weight excluding hydrogens is 536 g/mol. The number of hydrogen-bond acceptors (Lipinski definition) is 7. The van der Waals surface area contributed by atoms with Gasteiger partial charge in [-0.2, -0.15) is 8.42 Å². The molecule has 12 heteroatoms. The van der Waals surface area contributed by atoms with Crippen molar-refractivity contribution in [3.8, 4) is 11.1 Å². The van der Waals surface area contributed by atoms with E-state index in [-0.39, 0.29) is 46.2 Å². The van der Waals surface area contributed by atoms with E-state index >= 15 is 0 Å². The highest BCUT2D eigenvalue weighted by Crippen LogP contribution is 2.30. The van der Waals surface area contributed by atoms with Crippen LogP contribution in [0.4, 0.5) is 5.69 Å². The standard InChI is InChI=1S/C28H30N4O7S/c1-16(2)14-31-26(33)19-7-11-22(24(13-19)28(35)36)21-10-4-17(15-39-40(3,37)38)12-23(21)27(34)32-20-8-5-18(6-9-20)25(29)30/h4-13,16H,14-15H2,1-3H3,(H3,29,30)(H,31,33)(H,32,34)(H,35,36). The van der Waals surface area contributed by atoms with Crippen LogP contribution in [0.5, 0.6) is 0 Å². The number of nitrogens with two attached hydrogens (primary N) is 1. The summed E-state index contributed by atoms with van der Waals surface area (Å²) in [5.74, 6) is -2.28. The molecule has 2 amide bonds. The third-order valence-electron chi connectivity index (χ3n) is 5.70. The van der Waals surface area contributed by atoms with Crippen LogP contribution in [0.3, 0.4) is 0 Å². The molecule has 0 saturated heterocycles. The number of carbonyl (C=O) groups is 3. The summed E-state index contributed by atoms with van der Waals surface area (Å²) >= 11 is 0. The minimum Gasteiger partial charge on any atom is -0.478 e. The summed E-state index contributed by atoms with van der Waals surface area (Å²) in [6.45, 7) is 3.94. The molecule has 210 valence electrons. The number of amides is 2. The SMILES string of the molecule is CC(C)CNC(=O)c1ccc(-c2ccc(COS(C)(=O)=O)cc2C(=O)Nc2ccc(C(=N)N)cc2)c(C(=O)O)c1. The number of nitrogen functional groups attached to an aromatic ring is 1. The van der Waals surface area contributed by atoms with Gasteiger partial charge in [0.15, 0.2) is 0 Å². The maximum Gasteiger partial charge on any atom is 0.336 e. The quantitative estimate of drug-likeness (QED) is 0.132. The molecule has 11 nitrogen and oxygen atoms in total. The number of carbonyl (C=O) groups excluding carboxylic acids is 2.